The van der Waals surface area contributed by atoms with Crippen LogP contribution in [0, 0.1) is 0 Å². The number of alkyl halides is 2. The maximum atomic E-state index is 12.2. The average Bonchev–Trinajstić information content (AvgIpc) is 2.95. The van der Waals surface area contributed by atoms with Gasteiger partial charge < -0.3 is 9.47 Å². The van der Waals surface area contributed by atoms with Gasteiger partial charge in [0.1, 0.15) is 0 Å². The van der Waals surface area contributed by atoms with Gasteiger partial charge in [-0.3, -0.25) is 0 Å². The molecule has 4 rings (SSSR count). The standard InChI is InChI=1S/C30H24Br2O4/c1-35-29(33)25-9-5-3-7-23(25)19-11-15-21(16-12-19)27(31)28(32)22-17-13-20(14-18-22)24-8-4-6-10-26(24)30(34)36-2/h3-18,27-28H,1-2H3. The Balaban J connectivity index is 1.54. The fourth-order valence-corrected chi connectivity index (χ4v) is 5.30. The average molecular weight is 608 g/mol. The third-order valence-electron chi connectivity index (χ3n) is 6.00. The zero-order chi connectivity index (χ0) is 25.7. The molecule has 0 aliphatic carbocycles. The molecule has 0 spiro atoms. The van der Waals surface area contributed by atoms with Crippen LogP contribution in [-0.4, -0.2) is 26.2 Å². The highest BCUT2D eigenvalue weighted by Crippen LogP contribution is 2.43. The molecule has 0 amide bonds. The minimum Gasteiger partial charge on any atom is -0.465 e. The van der Waals surface area contributed by atoms with Crippen LogP contribution in [0.4, 0.5) is 0 Å². The molecule has 2 unspecified atom stereocenters. The van der Waals surface area contributed by atoms with Crippen molar-refractivity contribution in [2.24, 2.45) is 0 Å². The van der Waals surface area contributed by atoms with Crippen LogP contribution in [0.25, 0.3) is 22.3 Å². The van der Waals surface area contributed by atoms with Crippen molar-refractivity contribution in [1.82, 2.24) is 0 Å². The number of ether oxygens (including phenoxy) is 2. The van der Waals surface area contributed by atoms with Gasteiger partial charge in [0.05, 0.1) is 35.0 Å². The fraction of sp³-hybridized carbons (Fsp3) is 0.133. The molecular weight excluding hydrogens is 584 g/mol. The Bertz CT molecular complexity index is 1260. The van der Waals surface area contributed by atoms with Crippen molar-refractivity contribution in [1.29, 1.82) is 0 Å². The van der Waals surface area contributed by atoms with Crippen LogP contribution in [0.1, 0.15) is 41.5 Å². The Morgan fingerprint density at radius 2 is 0.889 bits per heavy atom. The van der Waals surface area contributed by atoms with Crippen molar-refractivity contribution in [2.45, 2.75) is 9.65 Å². The molecule has 0 saturated heterocycles. The zero-order valence-corrected chi connectivity index (χ0v) is 23.0. The number of hydrogen-bond acceptors (Lipinski definition) is 4. The minimum absolute atomic E-state index is 0.00982. The van der Waals surface area contributed by atoms with Crippen LogP contribution in [0.15, 0.2) is 97.1 Å². The van der Waals surface area contributed by atoms with Crippen LogP contribution >= 0.6 is 31.9 Å². The lowest BCUT2D eigenvalue weighted by molar-refractivity contribution is 0.0592. The van der Waals surface area contributed by atoms with Gasteiger partial charge in [0.25, 0.3) is 0 Å². The van der Waals surface area contributed by atoms with Crippen molar-refractivity contribution < 1.29 is 19.1 Å². The summed E-state index contributed by atoms with van der Waals surface area (Å²) in [6.07, 6.45) is 0. The molecular formula is C30H24Br2O4. The van der Waals surface area contributed by atoms with Gasteiger partial charge in [0.2, 0.25) is 0 Å². The lowest BCUT2D eigenvalue weighted by Gasteiger charge is -2.19. The Hall–Kier alpha value is -3.22. The van der Waals surface area contributed by atoms with Gasteiger partial charge in [0, 0.05) is 0 Å². The van der Waals surface area contributed by atoms with Gasteiger partial charge in [-0.2, -0.15) is 0 Å². The van der Waals surface area contributed by atoms with Crippen LogP contribution in [-0.2, 0) is 9.47 Å². The third-order valence-corrected chi connectivity index (χ3v) is 8.83. The van der Waals surface area contributed by atoms with Crippen molar-refractivity contribution in [2.75, 3.05) is 14.2 Å². The summed E-state index contributed by atoms with van der Waals surface area (Å²) >= 11 is 7.68. The molecule has 6 heteroatoms. The Labute approximate surface area is 227 Å². The van der Waals surface area contributed by atoms with E-state index in [0.717, 1.165) is 33.4 Å². The molecule has 0 saturated carbocycles. The largest absolute Gasteiger partial charge is 0.465 e. The Kier molecular flexibility index (Phi) is 8.39. The van der Waals surface area contributed by atoms with E-state index in [-0.39, 0.29) is 21.6 Å². The van der Waals surface area contributed by atoms with E-state index in [1.807, 2.05) is 60.7 Å². The summed E-state index contributed by atoms with van der Waals surface area (Å²) < 4.78 is 9.85. The van der Waals surface area contributed by atoms with Crippen molar-refractivity contribution in [3.8, 4) is 22.3 Å². The number of benzene rings is 4. The van der Waals surface area contributed by atoms with E-state index in [1.165, 1.54) is 14.2 Å². The summed E-state index contributed by atoms with van der Waals surface area (Å²) in [5.41, 5.74) is 6.82. The summed E-state index contributed by atoms with van der Waals surface area (Å²) in [7, 11) is 2.77. The molecule has 0 fully saturated rings. The molecule has 0 aliphatic heterocycles. The number of halogens is 2. The second-order valence-electron chi connectivity index (χ2n) is 8.12. The summed E-state index contributed by atoms with van der Waals surface area (Å²) in [6.45, 7) is 0. The highest BCUT2D eigenvalue weighted by molar-refractivity contribution is 9.12. The van der Waals surface area contributed by atoms with Crippen molar-refractivity contribution in [3.63, 3.8) is 0 Å². The van der Waals surface area contributed by atoms with E-state index in [0.29, 0.717) is 11.1 Å². The smallest absolute Gasteiger partial charge is 0.338 e. The number of carbonyl (C=O) groups is 2. The summed E-state index contributed by atoms with van der Waals surface area (Å²) in [5, 5.41) is 0. The molecule has 0 heterocycles. The number of esters is 2. The number of rotatable bonds is 7. The van der Waals surface area contributed by atoms with E-state index >= 15 is 0 Å². The third kappa shape index (κ3) is 5.45. The second-order valence-corrected chi connectivity index (χ2v) is 10.1. The molecule has 2 atom stereocenters. The number of hydrogen-bond donors (Lipinski definition) is 0. The first-order chi connectivity index (χ1) is 17.4. The van der Waals surface area contributed by atoms with E-state index in [1.54, 1.807) is 12.1 Å². The van der Waals surface area contributed by atoms with Crippen LogP contribution in [0.2, 0.25) is 0 Å². The van der Waals surface area contributed by atoms with Crippen LogP contribution < -0.4 is 0 Å². The van der Waals surface area contributed by atoms with Gasteiger partial charge in [0.15, 0.2) is 0 Å². The molecule has 36 heavy (non-hydrogen) atoms. The SMILES string of the molecule is COC(=O)c1ccccc1-c1ccc(C(Br)C(Br)c2ccc(-c3ccccc3C(=O)OC)cc2)cc1. The van der Waals surface area contributed by atoms with Crippen molar-refractivity contribution >= 4 is 43.8 Å². The summed E-state index contributed by atoms with van der Waals surface area (Å²) in [4.78, 5) is 24.3. The summed E-state index contributed by atoms with van der Waals surface area (Å²) in [6, 6.07) is 31.1. The van der Waals surface area contributed by atoms with Gasteiger partial charge in [-0.05, 0) is 45.5 Å². The first-order valence-corrected chi connectivity index (χ1v) is 13.1. The molecule has 4 aromatic carbocycles. The van der Waals surface area contributed by atoms with E-state index in [4.69, 9.17) is 9.47 Å². The maximum absolute atomic E-state index is 12.2. The fourth-order valence-electron chi connectivity index (χ4n) is 4.08. The minimum atomic E-state index is -0.355. The molecule has 182 valence electrons. The first kappa shape index (κ1) is 25.9. The highest BCUT2D eigenvalue weighted by Gasteiger charge is 2.21. The number of methoxy groups -OCH3 is 2. The monoisotopic (exact) mass is 606 g/mol. The molecule has 0 aromatic heterocycles. The van der Waals surface area contributed by atoms with Gasteiger partial charge >= 0.3 is 11.9 Å². The molecule has 0 bridgehead atoms. The normalized spacial score (nSPS) is 12.4. The van der Waals surface area contributed by atoms with Crippen LogP contribution in [0.3, 0.4) is 0 Å². The maximum Gasteiger partial charge on any atom is 0.338 e. The molecule has 0 aliphatic rings. The Morgan fingerprint density at radius 3 is 1.22 bits per heavy atom. The predicted octanol–water partition coefficient (Wildman–Crippen LogP) is 8.17. The highest BCUT2D eigenvalue weighted by atomic mass is 79.9. The molecule has 0 N–H and O–H groups in total. The number of carbonyl (C=O) groups excluding carboxylic acids is 2. The topological polar surface area (TPSA) is 52.6 Å². The van der Waals surface area contributed by atoms with Crippen molar-refractivity contribution in [3.05, 3.63) is 119 Å². The van der Waals surface area contributed by atoms with E-state index < -0.39 is 0 Å². The second kappa shape index (κ2) is 11.7. The predicted molar refractivity (Wildman–Crippen MR) is 150 cm³/mol. The molecule has 4 aromatic rings. The lowest BCUT2D eigenvalue weighted by Crippen LogP contribution is -2.04. The van der Waals surface area contributed by atoms with E-state index in [9.17, 15) is 9.59 Å². The molecule has 0 radical (unpaired) electrons. The quantitative estimate of drug-likeness (QED) is 0.157. The first-order valence-electron chi connectivity index (χ1n) is 11.3. The van der Waals surface area contributed by atoms with Gasteiger partial charge in [-0.25, -0.2) is 9.59 Å². The lowest BCUT2D eigenvalue weighted by atomic mass is 9.95. The van der Waals surface area contributed by atoms with Crippen LogP contribution in [0.5, 0.6) is 0 Å². The molecule has 4 nitrogen and oxygen atoms in total. The van der Waals surface area contributed by atoms with Gasteiger partial charge in [-0.15, -0.1) is 0 Å². The summed E-state index contributed by atoms with van der Waals surface area (Å²) in [5.74, 6) is -0.711. The zero-order valence-electron chi connectivity index (χ0n) is 19.8. The Morgan fingerprint density at radius 1 is 0.556 bits per heavy atom. The van der Waals surface area contributed by atoms with E-state index in [2.05, 4.69) is 56.1 Å². The van der Waals surface area contributed by atoms with Gasteiger partial charge in [-0.1, -0.05) is 117 Å².